The van der Waals surface area contributed by atoms with E-state index in [9.17, 15) is 14.4 Å². The molecule has 0 aliphatic heterocycles. The lowest BCUT2D eigenvalue weighted by Gasteiger charge is -2.15. The summed E-state index contributed by atoms with van der Waals surface area (Å²) >= 11 is 0. The summed E-state index contributed by atoms with van der Waals surface area (Å²) in [6.45, 7) is 8.68. The zero-order chi connectivity index (χ0) is 12.8. The van der Waals surface area contributed by atoms with E-state index >= 15 is 0 Å². The van der Waals surface area contributed by atoms with Gasteiger partial charge in [0, 0.05) is 18.3 Å². The number of carbonyl (C=O) groups excluding carboxylic acids is 3. The molecule has 0 rings (SSSR count). The van der Waals surface area contributed by atoms with Crippen LogP contribution in [0.4, 0.5) is 0 Å². The third kappa shape index (κ3) is 6.11. The molecule has 16 heavy (non-hydrogen) atoms. The van der Waals surface area contributed by atoms with Crippen molar-refractivity contribution in [3.63, 3.8) is 0 Å². The van der Waals surface area contributed by atoms with Crippen LogP contribution in [0.5, 0.6) is 0 Å². The molecule has 0 atom stereocenters. The van der Waals surface area contributed by atoms with Crippen molar-refractivity contribution in [2.24, 2.45) is 5.41 Å². The van der Waals surface area contributed by atoms with Crippen molar-refractivity contribution in [3.05, 3.63) is 12.7 Å². The number of carbonyl (C=O) groups is 3. The number of ketones is 2. The maximum Gasteiger partial charge on any atom is 0.243 e. The van der Waals surface area contributed by atoms with Crippen LogP contribution in [0.3, 0.4) is 0 Å². The Morgan fingerprint density at radius 2 is 1.75 bits per heavy atom. The summed E-state index contributed by atoms with van der Waals surface area (Å²) in [5.41, 5.74) is -0.412. The fraction of sp³-hybridized carbons (Fsp3) is 0.583. The number of rotatable bonds is 6. The zero-order valence-electron chi connectivity index (χ0n) is 10.1. The Kier molecular flexibility index (Phi) is 5.64. The van der Waals surface area contributed by atoms with Crippen LogP contribution in [0.1, 0.15) is 33.6 Å². The van der Waals surface area contributed by atoms with Crippen molar-refractivity contribution >= 4 is 17.5 Å². The first-order chi connectivity index (χ1) is 7.27. The summed E-state index contributed by atoms with van der Waals surface area (Å²) < 4.78 is 0. The Morgan fingerprint density at radius 1 is 1.19 bits per heavy atom. The molecule has 0 aliphatic rings. The van der Waals surface area contributed by atoms with Crippen LogP contribution in [-0.2, 0) is 14.4 Å². The lowest BCUT2D eigenvalue weighted by atomic mass is 9.88. The Labute approximate surface area is 96.1 Å². The highest BCUT2D eigenvalue weighted by Gasteiger charge is 2.21. The molecule has 1 amide bonds. The second-order valence-electron chi connectivity index (χ2n) is 4.63. The van der Waals surface area contributed by atoms with Crippen LogP contribution in [-0.4, -0.2) is 24.0 Å². The van der Waals surface area contributed by atoms with Gasteiger partial charge in [0.15, 0.2) is 5.78 Å². The highest BCUT2D eigenvalue weighted by Crippen LogP contribution is 2.17. The molecule has 4 nitrogen and oxygen atoms in total. The minimum atomic E-state index is -0.412. The van der Waals surface area contributed by atoms with E-state index in [1.54, 1.807) is 0 Å². The number of hydrogen-bond acceptors (Lipinski definition) is 3. The van der Waals surface area contributed by atoms with E-state index in [0.717, 1.165) is 6.08 Å². The first kappa shape index (κ1) is 14.6. The lowest BCUT2D eigenvalue weighted by Crippen LogP contribution is -2.29. The van der Waals surface area contributed by atoms with Gasteiger partial charge in [-0.1, -0.05) is 27.4 Å². The highest BCUT2D eigenvalue weighted by atomic mass is 16.2. The fourth-order valence-electron chi connectivity index (χ4n) is 0.974. The van der Waals surface area contributed by atoms with Crippen LogP contribution in [0, 0.1) is 5.41 Å². The molecular formula is C12H19NO3. The molecule has 0 saturated heterocycles. The smallest absolute Gasteiger partial charge is 0.243 e. The molecule has 4 heteroatoms. The molecular weight excluding hydrogens is 206 g/mol. The largest absolute Gasteiger partial charge is 0.345 e. The first-order valence-corrected chi connectivity index (χ1v) is 5.22. The summed E-state index contributed by atoms with van der Waals surface area (Å²) in [5.74, 6) is -0.473. The van der Waals surface area contributed by atoms with Gasteiger partial charge < -0.3 is 5.32 Å². The SMILES string of the molecule is C=CC(=O)NCC(=O)CCC(=O)C(C)(C)C. The molecule has 90 valence electrons. The van der Waals surface area contributed by atoms with Gasteiger partial charge in [-0.15, -0.1) is 0 Å². The van der Waals surface area contributed by atoms with E-state index in [4.69, 9.17) is 0 Å². The van der Waals surface area contributed by atoms with E-state index < -0.39 is 5.41 Å². The molecule has 0 saturated carbocycles. The van der Waals surface area contributed by atoms with Crippen molar-refractivity contribution in [3.8, 4) is 0 Å². The van der Waals surface area contributed by atoms with Crippen molar-refractivity contribution in [1.29, 1.82) is 0 Å². The van der Waals surface area contributed by atoms with Gasteiger partial charge in [-0.05, 0) is 6.08 Å². The van der Waals surface area contributed by atoms with Gasteiger partial charge in [0.25, 0.3) is 0 Å². The van der Waals surface area contributed by atoms with E-state index in [-0.39, 0.29) is 36.9 Å². The molecule has 0 fully saturated rings. The van der Waals surface area contributed by atoms with Gasteiger partial charge in [-0.2, -0.15) is 0 Å². The van der Waals surface area contributed by atoms with Crippen LogP contribution in [0.25, 0.3) is 0 Å². The van der Waals surface area contributed by atoms with E-state index in [0.29, 0.717) is 0 Å². The topological polar surface area (TPSA) is 63.2 Å². The lowest BCUT2D eigenvalue weighted by molar-refractivity contribution is -0.129. The molecule has 0 spiro atoms. The van der Waals surface area contributed by atoms with Gasteiger partial charge >= 0.3 is 0 Å². The summed E-state index contributed by atoms with van der Waals surface area (Å²) in [7, 11) is 0. The van der Waals surface area contributed by atoms with Gasteiger partial charge in [0.1, 0.15) is 5.78 Å². The molecule has 0 aliphatic carbocycles. The van der Waals surface area contributed by atoms with Crippen molar-refractivity contribution < 1.29 is 14.4 Å². The molecule has 0 aromatic rings. The standard InChI is InChI=1S/C12H19NO3/c1-5-11(16)13-8-9(14)6-7-10(15)12(2,3)4/h5H,1,6-8H2,2-4H3,(H,13,16). The molecule has 0 aromatic carbocycles. The van der Waals surface area contributed by atoms with Crippen LogP contribution in [0.15, 0.2) is 12.7 Å². The Morgan fingerprint density at radius 3 is 2.19 bits per heavy atom. The monoisotopic (exact) mass is 225 g/mol. The van der Waals surface area contributed by atoms with Crippen molar-refractivity contribution in [2.75, 3.05) is 6.54 Å². The summed E-state index contributed by atoms with van der Waals surface area (Å²) in [5, 5.41) is 2.38. The average molecular weight is 225 g/mol. The van der Waals surface area contributed by atoms with Crippen LogP contribution in [0.2, 0.25) is 0 Å². The van der Waals surface area contributed by atoms with Crippen molar-refractivity contribution in [2.45, 2.75) is 33.6 Å². The third-order valence-corrected chi connectivity index (χ3v) is 2.11. The molecule has 1 N–H and O–H groups in total. The fourth-order valence-corrected chi connectivity index (χ4v) is 0.974. The quantitative estimate of drug-likeness (QED) is 0.692. The van der Waals surface area contributed by atoms with Crippen LogP contribution >= 0.6 is 0 Å². The predicted molar refractivity (Wildman–Crippen MR) is 61.9 cm³/mol. The minimum absolute atomic E-state index is 0.0394. The highest BCUT2D eigenvalue weighted by molar-refractivity contribution is 5.93. The third-order valence-electron chi connectivity index (χ3n) is 2.11. The normalized spacial score (nSPS) is 10.7. The molecule has 0 aromatic heterocycles. The minimum Gasteiger partial charge on any atom is -0.345 e. The first-order valence-electron chi connectivity index (χ1n) is 5.22. The maximum atomic E-state index is 11.5. The number of Topliss-reactive ketones (excluding diaryl/α,β-unsaturated/α-hetero) is 2. The molecule has 0 unspecified atom stereocenters. The van der Waals surface area contributed by atoms with Crippen molar-refractivity contribution in [1.82, 2.24) is 5.32 Å². The van der Waals surface area contributed by atoms with E-state index in [1.807, 2.05) is 20.8 Å². The van der Waals surface area contributed by atoms with Gasteiger partial charge in [0.05, 0.1) is 6.54 Å². The second-order valence-corrected chi connectivity index (χ2v) is 4.63. The second kappa shape index (κ2) is 6.20. The molecule has 0 radical (unpaired) electrons. The Bertz CT molecular complexity index is 300. The van der Waals surface area contributed by atoms with Crippen LogP contribution < -0.4 is 5.32 Å². The summed E-state index contributed by atoms with van der Waals surface area (Å²) in [6, 6.07) is 0. The Hall–Kier alpha value is -1.45. The number of amides is 1. The molecule has 0 heterocycles. The number of nitrogens with one attached hydrogen (secondary N) is 1. The van der Waals surface area contributed by atoms with Gasteiger partial charge in [-0.3, -0.25) is 14.4 Å². The summed E-state index contributed by atoms with van der Waals surface area (Å²) in [4.78, 5) is 33.6. The van der Waals surface area contributed by atoms with Gasteiger partial charge in [0.2, 0.25) is 5.91 Å². The maximum absolute atomic E-state index is 11.5. The average Bonchev–Trinajstić information content (AvgIpc) is 2.20. The zero-order valence-corrected chi connectivity index (χ0v) is 10.1. The predicted octanol–water partition coefficient (Wildman–Crippen LogP) is 1.25. The Balaban J connectivity index is 3.87. The van der Waals surface area contributed by atoms with E-state index in [2.05, 4.69) is 11.9 Å². The van der Waals surface area contributed by atoms with Gasteiger partial charge in [-0.25, -0.2) is 0 Å². The summed E-state index contributed by atoms with van der Waals surface area (Å²) in [6.07, 6.45) is 1.51. The number of hydrogen-bond donors (Lipinski definition) is 1. The molecule has 0 bridgehead atoms. The van der Waals surface area contributed by atoms with E-state index in [1.165, 1.54) is 0 Å².